The molecule has 0 radical (unpaired) electrons. The van der Waals surface area contributed by atoms with Gasteiger partial charge in [0.15, 0.2) is 0 Å². The highest BCUT2D eigenvalue weighted by Crippen LogP contribution is 2.44. The smallest absolute Gasteiger partial charge is 0.210 e. The van der Waals surface area contributed by atoms with E-state index in [0.717, 1.165) is 40.2 Å². The number of aliphatic imine (C=N–C) groups is 1. The van der Waals surface area contributed by atoms with Crippen molar-refractivity contribution in [3.05, 3.63) is 32.3 Å². The lowest BCUT2D eigenvalue weighted by Gasteiger charge is -2.33. The van der Waals surface area contributed by atoms with Crippen LogP contribution < -0.4 is 4.90 Å². The maximum absolute atomic E-state index is 9.65. The molecule has 0 amide bonds. The van der Waals surface area contributed by atoms with Crippen molar-refractivity contribution in [2.45, 2.75) is 40.0 Å². The van der Waals surface area contributed by atoms with Crippen LogP contribution in [-0.4, -0.2) is 20.3 Å². The van der Waals surface area contributed by atoms with Crippen molar-refractivity contribution in [2.24, 2.45) is 16.3 Å². The summed E-state index contributed by atoms with van der Waals surface area (Å²) in [6.07, 6.45) is 4.87. The Bertz CT molecular complexity index is 880. The van der Waals surface area contributed by atoms with Crippen molar-refractivity contribution in [3.63, 3.8) is 0 Å². The number of hydrogen-bond donors (Lipinski definition) is 0. The molecule has 0 saturated heterocycles. The van der Waals surface area contributed by atoms with Gasteiger partial charge in [-0.05, 0) is 52.1 Å². The molecule has 2 aromatic rings. The van der Waals surface area contributed by atoms with Crippen LogP contribution >= 0.6 is 27.3 Å². The van der Waals surface area contributed by atoms with Crippen LogP contribution in [0.5, 0.6) is 0 Å². The van der Waals surface area contributed by atoms with Crippen molar-refractivity contribution in [1.82, 2.24) is 0 Å². The second-order valence-electron chi connectivity index (χ2n) is 8.06. The SMILES string of the molecule is CN(C)c1oc(C=Nc2sc3c(c2C#N)CC[C@H](C(C)(C)C)C3)cc1Br. The minimum absolute atomic E-state index is 0.293. The summed E-state index contributed by atoms with van der Waals surface area (Å²) in [6, 6.07) is 4.27. The van der Waals surface area contributed by atoms with Crippen LogP contribution in [-0.2, 0) is 12.8 Å². The largest absolute Gasteiger partial charge is 0.438 e. The molecule has 4 nitrogen and oxygen atoms in total. The summed E-state index contributed by atoms with van der Waals surface area (Å²) in [5.41, 5.74) is 2.24. The van der Waals surface area contributed by atoms with Gasteiger partial charge in [-0.1, -0.05) is 20.8 Å². The lowest BCUT2D eigenvalue weighted by molar-refractivity contribution is 0.218. The molecule has 1 aliphatic carbocycles. The molecule has 0 aliphatic heterocycles. The van der Waals surface area contributed by atoms with Crippen molar-refractivity contribution in [2.75, 3.05) is 19.0 Å². The molecule has 2 heterocycles. The summed E-state index contributed by atoms with van der Waals surface area (Å²) in [4.78, 5) is 7.82. The topological polar surface area (TPSA) is 52.5 Å². The molecule has 3 rings (SSSR count). The van der Waals surface area contributed by atoms with Gasteiger partial charge in [0.2, 0.25) is 5.88 Å². The van der Waals surface area contributed by atoms with Gasteiger partial charge in [0.05, 0.1) is 16.3 Å². The lowest BCUT2D eigenvalue weighted by atomic mass is 9.72. The molecule has 0 saturated carbocycles. The molecule has 138 valence electrons. The zero-order valence-electron chi connectivity index (χ0n) is 15.9. The Morgan fingerprint density at radius 1 is 1.42 bits per heavy atom. The van der Waals surface area contributed by atoms with E-state index in [1.165, 1.54) is 10.4 Å². The Kier molecular flexibility index (Phi) is 5.32. The third kappa shape index (κ3) is 3.74. The number of furan rings is 1. The predicted molar refractivity (Wildman–Crippen MR) is 112 cm³/mol. The first kappa shape index (κ1) is 19.2. The molecule has 0 aromatic carbocycles. The Labute approximate surface area is 167 Å². The van der Waals surface area contributed by atoms with Crippen LogP contribution in [0, 0.1) is 22.7 Å². The van der Waals surface area contributed by atoms with Gasteiger partial charge < -0.3 is 9.32 Å². The monoisotopic (exact) mass is 433 g/mol. The van der Waals surface area contributed by atoms with Gasteiger partial charge in [0.25, 0.3) is 0 Å². The quantitative estimate of drug-likeness (QED) is 0.562. The standard InChI is InChI=1S/C20H24BrN3OS/c1-20(2,3)12-6-7-14-15(10-22)18(26-17(14)8-12)23-11-13-9-16(21)19(25-13)24(4)5/h9,11-12H,6-8H2,1-5H3/t12-/m0/s1. The number of nitrogens with zero attached hydrogens (tertiary/aromatic N) is 3. The highest BCUT2D eigenvalue weighted by Gasteiger charge is 2.32. The second-order valence-corrected chi connectivity index (χ2v) is 9.99. The number of thiophene rings is 1. The molecule has 26 heavy (non-hydrogen) atoms. The Balaban J connectivity index is 1.89. The fourth-order valence-corrected chi connectivity index (χ4v) is 5.27. The number of rotatable bonds is 3. The minimum Gasteiger partial charge on any atom is -0.438 e. The molecule has 0 fully saturated rings. The molecule has 1 aliphatic rings. The first-order valence-electron chi connectivity index (χ1n) is 8.76. The number of anilines is 1. The molecule has 0 N–H and O–H groups in total. The van der Waals surface area contributed by atoms with Gasteiger partial charge in [-0.2, -0.15) is 5.26 Å². The first-order chi connectivity index (χ1) is 12.2. The van der Waals surface area contributed by atoms with E-state index in [0.29, 0.717) is 17.1 Å². The molecule has 0 unspecified atom stereocenters. The predicted octanol–water partition coefficient (Wildman–Crippen LogP) is 5.94. The third-order valence-corrected chi connectivity index (χ3v) is 6.72. The summed E-state index contributed by atoms with van der Waals surface area (Å²) in [5, 5.41) is 10.4. The summed E-state index contributed by atoms with van der Waals surface area (Å²) >= 11 is 5.16. The summed E-state index contributed by atoms with van der Waals surface area (Å²) < 4.78 is 6.68. The van der Waals surface area contributed by atoms with Crippen LogP contribution in [0.15, 0.2) is 19.9 Å². The van der Waals surface area contributed by atoms with Gasteiger partial charge in [-0.15, -0.1) is 11.3 Å². The number of fused-ring (bicyclic) bond motifs is 1. The first-order valence-corrected chi connectivity index (χ1v) is 10.4. The van der Waals surface area contributed by atoms with E-state index >= 15 is 0 Å². The van der Waals surface area contributed by atoms with Gasteiger partial charge >= 0.3 is 0 Å². The highest BCUT2D eigenvalue weighted by atomic mass is 79.9. The Hall–Kier alpha value is -1.58. The van der Waals surface area contributed by atoms with E-state index in [1.807, 2.05) is 25.1 Å². The van der Waals surface area contributed by atoms with Crippen LogP contribution in [0.2, 0.25) is 0 Å². The molecule has 1 atom stereocenters. The summed E-state index contributed by atoms with van der Waals surface area (Å²) in [5.74, 6) is 2.08. The Morgan fingerprint density at radius 3 is 2.73 bits per heavy atom. The van der Waals surface area contributed by atoms with Gasteiger partial charge in [0.1, 0.15) is 16.8 Å². The molecule has 0 bridgehead atoms. The maximum atomic E-state index is 9.65. The van der Waals surface area contributed by atoms with Crippen LogP contribution in [0.4, 0.5) is 10.9 Å². The fraction of sp³-hybridized carbons (Fsp3) is 0.500. The van der Waals surface area contributed by atoms with E-state index in [4.69, 9.17) is 4.42 Å². The summed E-state index contributed by atoms with van der Waals surface area (Å²) in [7, 11) is 3.86. The molecular weight excluding hydrogens is 410 g/mol. The molecular formula is C20H24BrN3OS. The van der Waals surface area contributed by atoms with Crippen molar-refractivity contribution < 1.29 is 4.42 Å². The maximum Gasteiger partial charge on any atom is 0.210 e. The third-order valence-electron chi connectivity index (χ3n) is 4.99. The number of hydrogen-bond acceptors (Lipinski definition) is 5. The van der Waals surface area contributed by atoms with Crippen LogP contribution in [0.3, 0.4) is 0 Å². The zero-order chi connectivity index (χ0) is 19.1. The van der Waals surface area contributed by atoms with Crippen LogP contribution in [0.1, 0.15) is 49.0 Å². The molecule has 0 spiro atoms. The average molecular weight is 434 g/mol. The van der Waals surface area contributed by atoms with E-state index < -0.39 is 0 Å². The Morgan fingerprint density at radius 2 is 2.15 bits per heavy atom. The van der Waals surface area contributed by atoms with Crippen molar-refractivity contribution in [3.8, 4) is 6.07 Å². The zero-order valence-corrected chi connectivity index (χ0v) is 18.3. The second kappa shape index (κ2) is 7.21. The van der Waals surface area contributed by atoms with Gasteiger partial charge in [-0.25, -0.2) is 4.99 Å². The van der Waals surface area contributed by atoms with Gasteiger partial charge in [-0.3, -0.25) is 0 Å². The molecule has 6 heteroatoms. The van der Waals surface area contributed by atoms with E-state index in [2.05, 4.69) is 47.8 Å². The van der Waals surface area contributed by atoms with Crippen LogP contribution in [0.25, 0.3) is 0 Å². The van der Waals surface area contributed by atoms with E-state index in [1.54, 1.807) is 17.6 Å². The normalized spacial score (nSPS) is 17.3. The average Bonchev–Trinajstić information content (AvgIpc) is 3.11. The van der Waals surface area contributed by atoms with Crippen molar-refractivity contribution in [1.29, 1.82) is 5.26 Å². The fourth-order valence-electron chi connectivity index (χ4n) is 3.38. The molecule has 2 aromatic heterocycles. The van der Waals surface area contributed by atoms with Crippen molar-refractivity contribution >= 4 is 44.4 Å². The van der Waals surface area contributed by atoms with E-state index in [9.17, 15) is 5.26 Å². The minimum atomic E-state index is 0.293. The lowest BCUT2D eigenvalue weighted by Crippen LogP contribution is -2.26. The number of halogens is 1. The summed E-state index contributed by atoms with van der Waals surface area (Å²) in [6.45, 7) is 6.91. The number of nitriles is 1. The highest BCUT2D eigenvalue weighted by molar-refractivity contribution is 9.10. The van der Waals surface area contributed by atoms with Gasteiger partial charge in [0, 0.05) is 25.0 Å². The van der Waals surface area contributed by atoms with E-state index in [-0.39, 0.29) is 0 Å².